The van der Waals surface area contributed by atoms with Crippen LogP contribution < -0.4 is 5.32 Å². The van der Waals surface area contributed by atoms with E-state index in [1.54, 1.807) is 6.34 Å². The summed E-state index contributed by atoms with van der Waals surface area (Å²) < 4.78 is 2.49. The Kier molecular flexibility index (Phi) is 2.53. The number of hydrogen-bond donors (Lipinski definition) is 1. The maximum Gasteiger partial charge on any atom is 0.0886 e. The predicted octanol–water partition coefficient (Wildman–Crippen LogP) is 3.85. The van der Waals surface area contributed by atoms with E-state index in [0.717, 1.165) is 0 Å². The molecule has 0 spiro atoms. The lowest BCUT2D eigenvalue weighted by Crippen LogP contribution is -2.18. The topological polar surface area (TPSA) is 24.4 Å². The molecule has 0 saturated heterocycles. The van der Waals surface area contributed by atoms with Crippen LogP contribution in [0, 0.1) is 0 Å². The molecule has 1 atom stereocenters. The molecule has 1 aromatic heterocycles. The zero-order chi connectivity index (χ0) is 11.0. The summed E-state index contributed by atoms with van der Waals surface area (Å²) in [6.45, 7) is 0. The van der Waals surface area contributed by atoms with Crippen LogP contribution in [-0.2, 0) is 0 Å². The number of fused-ring (bicyclic) bond motifs is 1. The number of hydrogen-bond acceptors (Lipinski definition) is 3. The summed E-state index contributed by atoms with van der Waals surface area (Å²) in [6.07, 6.45) is 5.63. The molecule has 0 aliphatic carbocycles. The van der Waals surface area contributed by atoms with Crippen LogP contribution in [0.15, 0.2) is 46.0 Å². The van der Waals surface area contributed by atoms with Gasteiger partial charge in [0.05, 0.1) is 12.4 Å². The molecule has 0 amide bonds. The van der Waals surface area contributed by atoms with Gasteiger partial charge in [0, 0.05) is 25.6 Å². The van der Waals surface area contributed by atoms with E-state index in [1.807, 2.05) is 17.5 Å². The van der Waals surface area contributed by atoms with E-state index < -0.39 is 0 Å². The van der Waals surface area contributed by atoms with Gasteiger partial charge in [-0.25, -0.2) is 4.99 Å². The number of aliphatic imine (C=N–C) groups is 1. The zero-order valence-electron chi connectivity index (χ0n) is 8.35. The molecule has 3 rings (SSSR count). The van der Waals surface area contributed by atoms with Crippen molar-refractivity contribution < 1.29 is 0 Å². The van der Waals surface area contributed by atoms with Gasteiger partial charge in [0.2, 0.25) is 0 Å². The minimum absolute atomic E-state index is 0.226. The van der Waals surface area contributed by atoms with Crippen LogP contribution >= 0.6 is 27.3 Å². The number of rotatable bonds is 1. The molecule has 1 N–H and O–H groups in total. The molecule has 0 fully saturated rings. The molecule has 2 nitrogen and oxygen atoms in total. The van der Waals surface area contributed by atoms with Gasteiger partial charge in [-0.2, -0.15) is 0 Å². The van der Waals surface area contributed by atoms with E-state index in [0.29, 0.717) is 0 Å². The summed E-state index contributed by atoms with van der Waals surface area (Å²) in [4.78, 5) is 5.30. The average molecular weight is 293 g/mol. The zero-order valence-corrected chi connectivity index (χ0v) is 10.8. The van der Waals surface area contributed by atoms with Crippen molar-refractivity contribution in [3.8, 4) is 0 Å². The number of nitrogens with one attached hydrogen (secondary N) is 1. The Morgan fingerprint density at radius 2 is 2.19 bits per heavy atom. The number of benzene rings is 1. The molecule has 0 radical (unpaired) electrons. The van der Waals surface area contributed by atoms with E-state index in [2.05, 4.69) is 56.6 Å². The SMILES string of the molecule is Brc1c(C2C=CN=CN2)sc2ccccc12. The van der Waals surface area contributed by atoms with Gasteiger partial charge in [-0.1, -0.05) is 18.2 Å². The number of halogens is 1. The second-order valence-electron chi connectivity index (χ2n) is 3.54. The van der Waals surface area contributed by atoms with Gasteiger partial charge < -0.3 is 5.32 Å². The smallest absolute Gasteiger partial charge is 0.0886 e. The third-order valence-corrected chi connectivity index (χ3v) is 4.91. The molecular formula is C12H9BrN2S. The van der Waals surface area contributed by atoms with Crippen molar-refractivity contribution in [2.75, 3.05) is 0 Å². The van der Waals surface area contributed by atoms with Crippen LogP contribution in [0.5, 0.6) is 0 Å². The highest BCUT2D eigenvalue weighted by Crippen LogP contribution is 2.39. The standard InChI is InChI=1S/C12H9BrN2S/c13-11-8-3-1-2-4-10(8)16-12(11)9-5-6-14-7-15-9/h1-7,9H,(H,14,15). The summed E-state index contributed by atoms with van der Waals surface area (Å²) in [5, 5.41) is 4.52. The van der Waals surface area contributed by atoms with Crippen LogP contribution in [0.3, 0.4) is 0 Å². The monoisotopic (exact) mass is 292 g/mol. The lowest BCUT2D eigenvalue weighted by Gasteiger charge is -2.13. The average Bonchev–Trinajstić information content (AvgIpc) is 2.69. The quantitative estimate of drug-likeness (QED) is 0.848. The van der Waals surface area contributed by atoms with E-state index in [-0.39, 0.29) is 6.04 Å². The van der Waals surface area contributed by atoms with Crippen LogP contribution in [0.25, 0.3) is 10.1 Å². The summed E-state index contributed by atoms with van der Waals surface area (Å²) in [5.41, 5.74) is 0. The molecule has 1 aliphatic rings. The van der Waals surface area contributed by atoms with Crippen LogP contribution in [-0.4, -0.2) is 6.34 Å². The fourth-order valence-electron chi connectivity index (χ4n) is 1.75. The number of thiophene rings is 1. The second kappa shape index (κ2) is 4.03. The fourth-order valence-corrected chi connectivity index (χ4v) is 3.86. The van der Waals surface area contributed by atoms with Crippen molar-refractivity contribution in [2.45, 2.75) is 6.04 Å². The summed E-state index contributed by atoms with van der Waals surface area (Å²) in [6, 6.07) is 8.65. The molecule has 1 aromatic carbocycles. The molecule has 0 saturated carbocycles. The van der Waals surface area contributed by atoms with Crippen molar-refractivity contribution >= 4 is 43.7 Å². The molecular weight excluding hydrogens is 284 g/mol. The van der Waals surface area contributed by atoms with Crippen LogP contribution in [0.2, 0.25) is 0 Å². The molecule has 80 valence electrons. The van der Waals surface area contributed by atoms with E-state index in [4.69, 9.17) is 0 Å². The van der Waals surface area contributed by atoms with Gasteiger partial charge in [0.1, 0.15) is 0 Å². The summed E-state index contributed by atoms with van der Waals surface area (Å²) in [7, 11) is 0. The van der Waals surface area contributed by atoms with Gasteiger partial charge in [-0.3, -0.25) is 0 Å². The second-order valence-corrected chi connectivity index (χ2v) is 5.42. The first kappa shape index (κ1) is 10.1. The minimum Gasteiger partial charge on any atom is -0.365 e. The van der Waals surface area contributed by atoms with Crippen LogP contribution in [0.1, 0.15) is 10.9 Å². The Morgan fingerprint density at radius 1 is 1.31 bits per heavy atom. The Labute approximate surface area is 106 Å². The normalized spacial score (nSPS) is 18.9. The van der Waals surface area contributed by atoms with Gasteiger partial charge in [0.25, 0.3) is 0 Å². The van der Waals surface area contributed by atoms with Gasteiger partial charge in [-0.15, -0.1) is 11.3 Å². The Bertz CT molecular complexity index is 586. The van der Waals surface area contributed by atoms with Gasteiger partial charge in [-0.05, 0) is 28.1 Å². The predicted molar refractivity (Wildman–Crippen MR) is 73.0 cm³/mol. The first-order valence-corrected chi connectivity index (χ1v) is 6.58. The van der Waals surface area contributed by atoms with Crippen molar-refractivity contribution in [2.24, 2.45) is 4.99 Å². The van der Waals surface area contributed by atoms with E-state index in [1.165, 1.54) is 19.4 Å². The third kappa shape index (κ3) is 1.58. The summed E-state index contributed by atoms with van der Waals surface area (Å²) >= 11 is 5.49. The summed E-state index contributed by atoms with van der Waals surface area (Å²) in [5.74, 6) is 0. The highest BCUT2D eigenvalue weighted by molar-refractivity contribution is 9.10. The van der Waals surface area contributed by atoms with Gasteiger partial charge in [0.15, 0.2) is 0 Å². The minimum atomic E-state index is 0.226. The van der Waals surface area contributed by atoms with Crippen molar-refractivity contribution in [3.63, 3.8) is 0 Å². The van der Waals surface area contributed by atoms with Gasteiger partial charge >= 0.3 is 0 Å². The van der Waals surface area contributed by atoms with Crippen molar-refractivity contribution in [3.05, 3.63) is 45.9 Å². The molecule has 2 heterocycles. The highest BCUT2D eigenvalue weighted by Gasteiger charge is 2.16. The van der Waals surface area contributed by atoms with Crippen LogP contribution in [0.4, 0.5) is 0 Å². The fraction of sp³-hybridized carbons (Fsp3) is 0.0833. The maximum absolute atomic E-state index is 4.01. The lowest BCUT2D eigenvalue weighted by atomic mass is 10.2. The lowest BCUT2D eigenvalue weighted by molar-refractivity contribution is 0.804. The maximum atomic E-state index is 4.01. The molecule has 4 heteroatoms. The number of nitrogens with zero attached hydrogens (tertiary/aromatic N) is 1. The first-order valence-electron chi connectivity index (χ1n) is 4.97. The van der Waals surface area contributed by atoms with E-state index in [9.17, 15) is 0 Å². The first-order chi connectivity index (χ1) is 7.86. The molecule has 1 aliphatic heterocycles. The Hall–Kier alpha value is -1.13. The highest BCUT2D eigenvalue weighted by atomic mass is 79.9. The van der Waals surface area contributed by atoms with Crippen molar-refractivity contribution in [1.29, 1.82) is 0 Å². The Morgan fingerprint density at radius 3 is 2.94 bits per heavy atom. The van der Waals surface area contributed by atoms with Crippen molar-refractivity contribution in [1.82, 2.24) is 5.32 Å². The molecule has 2 aromatic rings. The third-order valence-electron chi connectivity index (χ3n) is 2.54. The van der Waals surface area contributed by atoms with E-state index >= 15 is 0 Å². The molecule has 1 unspecified atom stereocenters. The largest absolute Gasteiger partial charge is 0.365 e. The Balaban J connectivity index is 2.13. The molecule has 0 bridgehead atoms. The molecule has 16 heavy (non-hydrogen) atoms.